The van der Waals surface area contributed by atoms with Crippen molar-refractivity contribution in [3.8, 4) is 11.3 Å². The summed E-state index contributed by atoms with van der Waals surface area (Å²) in [4.78, 5) is 22.6. The summed E-state index contributed by atoms with van der Waals surface area (Å²) in [6, 6.07) is 14.4. The number of non-ortho nitro benzene ring substituents is 1. The highest BCUT2D eigenvalue weighted by Crippen LogP contribution is 2.28. The molecule has 1 N–H and O–H groups in total. The number of nitrogens with zero attached hydrogens (tertiary/aromatic N) is 1. The lowest BCUT2D eigenvalue weighted by Gasteiger charge is -2.05. The van der Waals surface area contributed by atoms with E-state index in [0.717, 1.165) is 10.0 Å². The molecule has 0 aliphatic rings. The SMILES string of the molecule is O=C(Nc1cc([N+](=O)[O-])ccc1Cl)c1ccc(-c2ccc(Br)cc2)o1. The average molecular weight is 422 g/mol. The van der Waals surface area contributed by atoms with Crippen molar-refractivity contribution in [3.63, 3.8) is 0 Å². The zero-order valence-corrected chi connectivity index (χ0v) is 14.9. The van der Waals surface area contributed by atoms with Crippen molar-refractivity contribution in [1.29, 1.82) is 0 Å². The molecule has 1 amide bonds. The summed E-state index contributed by atoms with van der Waals surface area (Å²) in [6.07, 6.45) is 0. The number of rotatable bonds is 4. The van der Waals surface area contributed by atoms with Crippen molar-refractivity contribution in [2.45, 2.75) is 0 Å². The quantitative estimate of drug-likeness (QED) is 0.444. The predicted molar refractivity (Wildman–Crippen MR) is 97.9 cm³/mol. The monoisotopic (exact) mass is 420 g/mol. The van der Waals surface area contributed by atoms with Gasteiger partial charge in [0.05, 0.1) is 15.6 Å². The molecule has 6 nitrogen and oxygen atoms in total. The molecule has 0 saturated carbocycles. The van der Waals surface area contributed by atoms with E-state index in [1.54, 1.807) is 6.07 Å². The minimum absolute atomic E-state index is 0.0699. The molecule has 0 aliphatic carbocycles. The van der Waals surface area contributed by atoms with E-state index >= 15 is 0 Å². The Balaban J connectivity index is 1.82. The van der Waals surface area contributed by atoms with Crippen molar-refractivity contribution < 1.29 is 14.1 Å². The summed E-state index contributed by atoms with van der Waals surface area (Å²) in [5.41, 5.74) is 0.785. The minimum atomic E-state index is -0.565. The molecule has 1 aromatic heterocycles. The van der Waals surface area contributed by atoms with Gasteiger partial charge in [0.1, 0.15) is 5.76 Å². The van der Waals surface area contributed by atoms with Gasteiger partial charge in [0.2, 0.25) is 0 Å². The molecule has 0 fully saturated rings. The smallest absolute Gasteiger partial charge is 0.291 e. The Morgan fingerprint density at radius 1 is 1.12 bits per heavy atom. The van der Waals surface area contributed by atoms with Crippen LogP contribution in [0, 0.1) is 10.1 Å². The molecule has 1 heterocycles. The number of amides is 1. The van der Waals surface area contributed by atoms with Gasteiger partial charge in [-0.1, -0.05) is 39.7 Å². The van der Waals surface area contributed by atoms with Crippen LogP contribution in [0.15, 0.2) is 63.5 Å². The zero-order chi connectivity index (χ0) is 18.0. The first-order valence-corrected chi connectivity index (χ1v) is 8.22. The first-order valence-electron chi connectivity index (χ1n) is 7.05. The summed E-state index contributed by atoms with van der Waals surface area (Å²) in [5, 5.41) is 13.5. The summed E-state index contributed by atoms with van der Waals surface area (Å²) in [6.45, 7) is 0. The third kappa shape index (κ3) is 3.89. The van der Waals surface area contributed by atoms with Crippen molar-refractivity contribution in [2.75, 3.05) is 5.32 Å². The first kappa shape index (κ1) is 17.2. The normalized spacial score (nSPS) is 10.5. The third-order valence-corrected chi connectivity index (χ3v) is 4.23. The summed E-state index contributed by atoms with van der Waals surface area (Å²) in [5.74, 6) is 0.0500. The fourth-order valence-corrected chi connectivity index (χ4v) is 2.56. The predicted octanol–water partition coefficient (Wildman–Crippen LogP) is 5.52. The van der Waals surface area contributed by atoms with E-state index in [9.17, 15) is 14.9 Å². The number of nitrogens with one attached hydrogen (secondary N) is 1. The number of hydrogen-bond donors (Lipinski definition) is 1. The van der Waals surface area contributed by atoms with Gasteiger partial charge in [0.15, 0.2) is 5.76 Å². The van der Waals surface area contributed by atoms with Crippen molar-refractivity contribution >= 4 is 44.8 Å². The van der Waals surface area contributed by atoms with E-state index in [0.29, 0.717) is 5.76 Å². The minimum Gasteiger partial charge on any atom is -0.451 e. The Bertz CT molecular complexity index is 954. The van der Waals surface area contributed by atoms with E-state index in [1.807, 2.05) is 24.3 Å². The maximum Gasteiger partial charge on any atom is 0.291 e. The number of nitro groups is 1. The lowest BCUT2D eigenvalue weighted by atomic mass is 10.2. The number of hydrogen-bond acceptors (Lipinski definition) is 4. The molecular formula is C17H10BrClN2O4. The second-order valence-corrected chi connectivity index (χ2v) is 6.37. The van der Waals surface area contributed by atoms with Crippen LogP contribution in [0.2, 0.25) is 5.02 Å². The summed E-state index contributed by atoms with van der Waals surface area (Å²) < 4.78 is 6.49. The second kappa shape index (κ2) is 7.08. The van der Waals surface area contributed by atoms with Crippen molar-refractivity contribution in [2.24, 2.45) is 0 Å². The van der Waals surface area contributed by atoms with Crippen LogP contribution in [0.3, 0.4) is 0 Å². The van der Waals surface area contributed by atoms with Gasteiger partial charge in [0.25, 0.3) is 11.6 Å². The molecule has 3 aromatic rings. The number of halogens is 2. The maximum absolute atomic E-state index is 12.3. The van der Waals surface area contributed by atoms with Crippen LogP contribution in [-0.2, 0) is 0 Å². The lowest BCUT2D eigenvalue weighted by Crippen LogP contribution is -2.11. The fraction of sp³-hybridized carbons (Fsp3) is 0. The molecule has 0 bridgehead atoms. The van der Waals surface area contributed by atoms with Crippen LogP contribution in [0.4, 0.5) is 11.4 Å². The Hall–Kier alpha value is -2.64. The first-order chi connectivity index (χ1) is 11.9. The molecule has 2 aromatic carbocycles. The van der Waals surface area contributed by atoms with E-state index in [2.05, 4.69) is 21.2 Å². The highest BCUT2D eigenvalue weighted by atomic mass is 79.9. The Morgan fingerprint density at radius 2 is 1.84 bits per heavy atom. The molecule has 126 valence electrons. The van der Waals surface area contributed by atoms with Gasteiger partial charge in [-0.2, -0.15) is 0 Å². The Morgan fingerprint density at radius 3 is 2.52 bits per heavy atom. The van der Waals surface area contributed by atoms with Crippen LogP contribution in [0.5, 0.6) is 0 Å². The third-order valence-electron chi connectivity index (χ3n) is 3.37. The largest absolute Gasteiger partial charge is 0.451 e. The van der Waals surface area contributed by atoms with Crippen LogP contribution in [0.1, 0.15) is 10.6 Å². The summed E-state index contributed by atoms with van der Waals surface area (Å²) >= 11 is 9.33. The van der Waals surface area contributed by atoms with Gasteiger partial charge >= 0.3 is 0 Å². The van der Waals surface area contributed by atoms with E-state index in [4.69, 9.17) is 16.0 Å². The van der Waals surface area contributed by atoms with Crippen LogP contribution in [0.25, 0.3) is 11.3 Å². The molecule has 25 heavy (non-hydrogen) atoms. The maximum atomic E-state index is 12.3. The van der Waals surface area contributed by atoms with Gasteiger partial charge in [-0.25, -0.2) is 0 Å². The molecule has 0 aliphatic heterocycles. The summed E-state index contributed by atoms with van der Waals surface area (Å²) in [7, 11) is 0. The van der Waals surface area contributed by atoms with E-state index < -0.39 is 10.8 Å². The van der Waals surface area contributed by atoms with Crippen molar-refractivity contribution in [3.05, 3.63) is 80.0 Å². The highest BCUT2D eigenvalue weighted by molar-refractivity contribution is 9.10. The van der Waals surface area contributed by atoms with E-state index in [1.165, 1.54) is 24.3 Å². The van der Waals surface area contributed by atoms with Gasteiger partial charge in [-0.15, -0.1) is 0 Å². The molecule has 0 saturated heterocycles. The number of benzene rings is 2. The van der Waals surface area contributed by atoms with E-state index in [-0.39, 0.29) is 22.2 Å². The van der Waals surface area contributed by atoms with Gasteiger partial charge in [0, 0.05) is 22.2 Å². The van der Waals surface area contributed by atoms with Crippen molar-refractivity contribution in [1.82, 2.24) is 0 Å². The number of anilines is 1. The van der Waals surface area contributed by atoms with Crippen LogP contribution < -0.4 is 5.32 Å². The molecule has 3 rings (SSSR count). The molecule has 0 atom stereocenters. The molecule has 8 heteroatoms. The zero-order valence-electron chi connectivity index (χ0n) is 12.5. The van der Waals surface area contributed by atoms with Crippen LogP contribution in [-0.4, -0.2) is 10.8 Å². The topological polar surface area (TPSA) is 85.4 Å². The number of carbonyl (C=O) groups excluding carboxylic acids is 1. The second-order valence-electron chi connectivity index (χ2n) is 5.05. The standard InChI is InChI=1S/C17H10BrClN2O4/c18-11-3-1-10(2-4-11)15-7-8-16(25-15)17(22)20-14-9-12(21(23)24)5-6-13(14)19/h1-9H,(H,20,22). The molecular weight excluding hydrogens is 412 g/mol. The molecule has 0 spiro atoms. The fourth-order valence-electron chi connectivity index (χ4n) is 2.14. The van der Waals surface area contributed by atoms with Crippen LogP contribution >= 0.6 is 27.5 Å². The lowest BCUT2D eigenvalue weighted by molar-refractivity contribution is -0.384. The van der Waals surface area contributed by atoms with Gasteiger partial charge < -0.3 is 9.73 Å². The molecule has 0 radical (unpaired) electrons. The average Bonchev–Trinajstić information content (AvgIpc) is 3.07. The van der Waals surface area contributed by atoms with Gasteiger partial charge in [-0.3, -0.25) is 14.9 Å². The number of carbonyl (C=O) groups is 1. The Labute approximate surface area is 155 Å². The number of furan rings is 1. The van der Waals surface area contributed by atoms with Gasteiger partial charge in [-0.05, 0) is 30.3 Å². The highest BCUT2D eigenvalue weighted by Gasteiger charge is 2.16. The number of nitro benzene ring substituents is 1. The Kier molecular flexibility index (Phi) is 4.87. The molecule has 0 unspecified atom stereocenters.